The standard InChI is InChI=1S/C24H44N4O5S/c1-6-18(25-22(30)20-14-34(32,33)15-27(20)5)21(29)13-28-12-17-10-8-7-9-16(17)11-19(28)23(31)26-24(2,3)4/h16-21,29H,6-15H2,1-5H3,(H,25,30)(H,26,31)/t16-,17+,18-,19-,20-,21+/m0/s1. The molecule has 6 atom stereocenters. The molecule has 9 nitrogen and oxygen atoms in total. The molecule has 2 heterocycles. The molecule has 3 aliphatic rings. The second-order valence-electron chi connectivity index (χ2n) is 11.7. The van der Waals surface area contributed by atoms with Gasteiger partial charge in [0.1, 0.15) is 11.9 Å². The number of fused-ring (bicyclic) bond motifs is 1. The Morgan fingerprint density at radius 1 is 1.09 bits per heavy atom. The van der Waals surface area contributed by atoms with Crippen molar-refractivity contribution in [3.05, 3.63) is 0 Å². The van der Waals surface area contributed by atoms with Crippen LogP contribution in [0.2, 0.25) is 0 Å². The van der Waals surface area contributed by atoms with Crippen LogP contribution in [0.5, 0.6) is 0 Å². The molecule has 0 aromatic carbocycles. The van der Waals surface area contributed by atoms with Gasteiger partial charge in [-0.1, -0.05) is 26.2 Å². The summed E-state index contributed by atoms with van der Waals surface area (Å²) in [6, 6.07) is -1.55. The first-order chi connectivity index (χ1) is 15.8. The van der Waals surface area contributed by atoms with E-state index in [1.165, 1.54) is 17.7 Å². The van der Waals surface area contributed by atoms with Gasteiger partial charge in [-0.25, -0.2) is 8.42 Å². The van der Waals surface area contributed by atoms with Crippen LogP contribution in [0.4, 0.5) is 0 Å². The van der Waals surface area contributed by atoms with E-state index in [-0.39, 0.29) is 35.0 Å². The van der Waals surface area contributed by atoms with Crippen molar-refractivity contribution in [1.29, 1.82) is 0 Å². The number of likely N-dealkylation sites (N-methyl/N-ethyl adjacent to an activating group) is 1. The molecule has 2 saturated heterocycles. The van der Waals surface area contributed by atoms with Crippen molar-refractivity contribution in [3.8, 4) is 0 Å². The molecule has 0 spiro atoms. The summed E-state index contributed by atoms with van der Waals surface area (Å²) >= 11 is 0. The lowest BCUT2D eigenvalue weighted by molar-refractivity contribution is -0.133. The fraction of sp³-hybridized carbons (Fsp3) is 0.917. The number of rotatable bonds is 7. The van der Waals surface area contributed by atoms with Gasteiger partial charge in [-0.05, 0) is 58.9 Å². The van der Waals surface area contributed by atoms with Gasteiger partial charge in [-0.15, -0.1) is 0 Å². The third kappa shape index (κ3) is 6.92. The van der Waals surface area contributed by atoms with E-state index in [0.717, 1.165) is 25.8 Å². The van der Waals surface area contributed by atoms with Crippen molar-refractivity contribution in [1.82, 2.24) is 20.4 Å². The number of hydrogen-bond donors (Lipinski definition) is 3. The van der Waals surface area contributed by atoms with Gasteiger partial charge in [0, 0.05) is 18.6 Å². The van der Waals surface area contributed by atoms with E-state index in [0.29, 0.717) is 24.8 Å². The summed E-state index contributed by atoms with van der Waals surface area (Å²) in [6.07, 6.45) is 5.19. The number of aliphatic hydroxyl groups excluding tert-OH is 1. The van der Waals surface area contributed by atoms with Crippen molar-refractivity contribution in [2.75, 3.05) is 31.8 Å². The highest BCUT2D eigenvalue weighted by Gasteiger charge is 2.42. The van der Waals surface area contributed by atoms with Crippen LogP contribution in [-0.4, -0.2) is 96.7 Å². The van der Waals surface area contributed by atoms with Crippen molar-refractivity contribution >= 4 is 21.7 Å². The van der Waals surface area contributed by atoms with Gasteiger partial charge in [-0.3, -0.25) is 19.4 Å². The molecule has 0 bridgehead atoms. The molecule has 0 aromatic rings. The number of hydrogen-bond acceptors (Lipinski definition) is 7. The molecule has 0 aromatic heterocycles. The SMILES string of the molecule is CC[C@H](NC(=O)[C@@H]1CS(=O)(=O)CN1C)[C@H](O)CN1C[C@H]2CCCC[C@H]2C[C@H]1C(=O)NC(C)(C)C. The number of carbonyl (C=O) groups is 2. The number of piperidine rings is 1. The number of β-amino-alcohol motifs (C(OH)–C–C–N with tert-alkyl or cyclic N) is 1. The van der Waals surface area contributed by atoms with Crippen molar-refractivity contribution < 1.29 is 23.1 Å². The lowest BCUT2D eigenvalue weighted by Crippen LogP contribution is -2.60. The maximum atomic E-state index is 13.2. The molecule has 3 fully saturated rings. The Morgan fingerprint density at radius 3 is 2.29 bits per heavy atom. The Balaban J connectivity index is 1.68. The summed E-state index contributed by atoms with van der Waals surface area (Å²) in [5, 5.41) is 17.1. The Morgan fingerprint density at radius 2 is 1.74 bits per heavy atom. The van der Waals surface area contributed by atoms with Crippen LogP contribution in [0, 0.1) is 11.8 Å². The van der Waals surface area contributed by atoms with Crippen LogP contribution >= 0.6 is 0 Å². The van der Waals surface area contributed by atoms with Gasteiger partial charge < -0.3 is 15.7 Å². The quantitative estimate of drug-likeness (QED) is 0.471. The maximum Gasteiger partial charge on any atom is 0.238 e. The van der Waals surface area contributed by atoms with E-state index in [4.69, 9.17) is 0 Å². The summed E-state index contributed by atoms with van der Waals surface area (Å²) in [5.74, 6) is 0.365. The molecular formula is C24H44N4O5S. The molecule has 1 aliphatic carbocycles. The molecule has 2 amide bonds. The van der Waals surface area contributed by atoms with Gasteiger partial charge in [0.25, 0.3) is 0 Å². The van der Waals surface area contributed by atoms with Crippen LogP contribution in [0.25, 0.3) is 0 Å². The van der Waals surface area contributed by atoms with Gasteiger partial charge in [-0.2, -0.15) is 0 Å². The van der Waals surface area contributed by atoms with Crippen molar-refractivity contribution in [3.63, 3.8) is 0 Å². The van der Waals surface area contributed by atoms with E-state index in [2.05, 4.69) is 15.5 Å². The second-order valence-corrected chi connectivity index (χ2v) is 13.7. The molecule has 3 N–H and O–H groups in total. The number of amides is 2. The molecule has 196 valence electrons. The van der Waals surface area contributed by atoms with E-state index in [1.807, 2.05) is 27.7 Å². The predicted octanol–water partition coefficient (Wildman–Crippen LogP) is 0.724. The van der Waals surface area contributed by atoms with Crippen molar-refractivity contribution in [2.24, 2.45) is 11.8 Å². The zero-order valence-electron chi connectivity index (χ0n) is 21.4. The predicted molar refractivity (Wildman–Crippen MR) is 132 cm³/mol. The lowest BCUT2D eigenvalue weighted by Gasteiger charge is -2.47. The number of sulfone groups is 1. The van der Waals surface area contributed by atoms with Gasteiger partial charge >= 0.3 is 0 Å². The summed E-state index contributed by atoms with van der Waals surface area (Å²) in [6.45, 7) is 8.87. The third-order valence-corrected chi connectivity index (χ3v) is 9.23. The second kappa shape index (κ2) is 10.8. The minimum Gasteiger partial charge on any atom is -0.390 e. The summed E-state index contributed by atoms with van der Waals surface area (Å²) in [7, 11) is -1.64. The number of carbonyl (C=O) groups excluding carboxylic acids is 2. The van der Waals surface area contributed by atoms with Crippen molar-refractivity contribution in [2.45, 2.75) is 96.0 Å². The average Bonchev–Trinajstić information content (AvgIpc) is 3.02. The van der Waals surface area contributed by atoms with E-state index < -0.39 is 28.0 Å². The molecular weight excluding hydrogens is 456 g/mol. The molecule has 10 heteroatoms. The Hall–Kier alpha value is -1.23. The topological polar surface area (TPSA) is 119 Å². The zero-order chi connectivity index (χ0) is 25.3. The molecule has 1 saturated carbocycles. The van der Waals surface area contributed by atoms with Crippen LogP contribution in [0.1, 0.15) is 66.2 Å². The minimum absolute atomic E-state index is 0.00130. The maximum absolute atomic E-state index is 13.2. The van der Waals surface area contributed by atoms with Crippen LogP contribution in [0.3, 0.4) is 0 Å². The minimum atomic E-state index is -3.27. The first-order valence-corrected chi connectivity index (χ1v) is 14.6. The molecule has 34 heavy (non-hydrogen) atoms. The monoisotopic (exact) mass is 500 g/mol. The summed E-state index contributed by atoms with van der Waals surface area (Å²) in [4.78, 5) is 29.7. The zero-order valence-corrected chi connectivity index (χ0v) is 22.2. The van der Waals surface area contributed by atoms with Gasteiger partial charge in [0.15, 0.2) is 9.84 Å². The number of aliphatic hydroxyl groups is 1. The fourth-order valence-electron chi connectivity index (χ4n) is 5.84. The number of nitrogens with one attached hydrogen (secondary N) is 2. The smallest absolute Gasteiger partial charge is 0.238 e. The Labute approximate surface area is 204 Å². The fourth-order valence-corrected chi connectivity index (χ4v) is 7.63. The normalized spacial score (nSPS) is 31.9. The first kappa shape index (κ1) is 27.4. The lowest BCUT2D eigenvalue weighted by atomic mass is 9.72. The number of nitrogens with zero attached hydrogens (tertiary/aromatic N) is 2. The molecule has 2 aliphatic heterocycles. The van der Waals surface area contributed by atoms with E-state index in [9.17, 15) is 23.1 Å². The van der Waals surface area contributed by atoms with Gasteiger partial charge in [0.2, 0.25) is 11.8 Å². The first-order valence-electron chi connectivity index (χ1n) is 12.7. The van der Waals surface area contributed by atoms with Crippen LogP contribution in [0.15, 0.2) is 0 Å². The Kier molecular flexibility index (Phi) is 8.69. The largest absolute Gasteiger partial charge is 0.390 e. The Bertz CT molecular complexity index is 843. The summed E-state index contributed by atoms with van der Waals surface area (Å²) in [5.41, 5.74) is -0.335. The van der Waals surface area contributed by atoms with Gasteiger partial charge in [0.05, 0.1) is 23.9 Å². The van der Waals surface area contributed by atoms with E-state index in [1.54, 1.807) is 7.05 Å². The third-order valence-electron chi connectivity index (χ3n) is 7.60. The summed E-state index contributed by atoms with van der Waals surface area (Å²) < 4.78 is 23.8. The van der Waals surface area contributed by atoms with Crippen LogP contribution in [-0.2, 0) is 19.4 Å². The average molecular weight is 501 g/mol. The molecule has 3 rings (SSSR count). The molecule has 0 unspecified atom stereocenters. The van der Waals surface area contributed by atoms with Crippen LogP contribution < -0.4 is 10.6 Å². The number of likely N-dealkylation sites (tertiary alicyclic amines) is 1. The highest BCUT2D eigenvalue weighted by Crippen LogP contribution is 2.38. The highest BCUT2D eigenvalue weighted by molar-refractivity contribution is 7.91. The molecule has 0 radical (unpaired) electrons. The highest BCUT2D eigenvalue weighted by atomic mass is 32.2. The van der Waals surface area contributed by atoms with E-state index >= 15 is 0 Å².